The Morgan fingerprint density at radius 3 is 2.24 bits per heavy atom. The van der Waals surface area contributed by atoms with Crippen molar-refractivity contribution in [3.8, 4) is 0 Å². The number of nitrogens with zero attached hydrogens (tertiary/aromatic N) is 2. The van der Waals surface area contributed by atoms with Crippen molar-refractivity contribution in [2.24, 2.45) is 0 Å². The molecule has 0 saturated carbocycles. The van der Waals surface area contributed by atoms with Crippen molar-refractivity contribution in [1.29, 1.82) is 0 Å². The maximum Gasteiger partial charge on any atom is 0.410 e. The zero-order valence-electron chi connectivity index (χ0n) is 15.6. The molecule has 1 heterocycles. The number of hydrogen-bond donors (Lipinski definition) is 1. The van der Waals surface area contributed by atoms with Crippen LogP contribution in [0.3, 0.4) is 0 Å². The third-order valence-corrected chi connectivity index (χ3v) is 4.13. The Bertz CT molecular complexity index is 659. The monoisotopic (exact) mass is 349 g/mol. The van der Waals surface area contributed by atoms with Gasteiger partial charge in [-0.3, -0.25) is 0 Å². The van der Waals surface area contributed by atoms with Crippen LogP contribution in [0.2, 0.25) is 0 Å². The molecule has 1 fully saturated rings. The second-order valence-electron chi connectivity index (χ2n) is 7.15. The Labute approximate surface area is 148 Å². The third-order valence-electron chi connectivity index (χ3n) is 4.13. The Kier molecular flexibility index (Phi) is 5.45. The van der Waals surface area contributed by atoms with Gasteiger partial charge in [0.1, 0.15) is 5.60 Å². The number of amides is 1. The number of benzene rings is 1. The van der Waals surface area contributed by atoms with Crippen molar-refractivity contribution in [1.82, 2.24) is 4.90 Å². The second kappa shape index (κ2) is 7.21. The van der Waals surface area contributed by atoms with E-state index in [1.54, 1.807) is 17.9 Å². The van der Waals surface area contributed by atoms with Crippen LogP contribution in [0, 0.1) is 6.92 Å². The molecule has 25 heavy (non-hydrogen) atoms. The molecule has 1 aliphatic heterocycles. The molecule has 7 heteroatoms. The van der Waals surface area contributed by atoms with Crippen LogP contribution in [0.25, 0.3) is 0 Å². The number of nitrogen functional groups attached to an aromatic ring is 1. The minimum absolute atomic E-state index is 0.300. The molecule has 0 spiro atoms. The lowest BCUT2D eigenvalue weighted by Crippen LogP contribution is -2.50. The van der Waals surface area contributed by atoms with E-state index in [0.717, 1.165) is 5.69 Å². The van der Waals surface area contributed by atoms with E-state index in [1.807, 2.05) is 26.8 Å². The van der Waals surface area contributed by atoms with Gasteiger partial charge in [0.05, 0.1) is 12.7 Å². The highest BCUT2D eigenvalue weighted by Crippen LogP contribution is 2.27. The van der Waals surface area contributed by atoms with Gasteiger partial charge in [-0.2, -0.15) is 0 Å². The molecule has 7 nitrogen and oxygen atoms in total. The molecule has 0 aliphatic carbocycles. The lowest BCUT2D eigenvalue weighted by molar-refractivity contribution is 0.0240. The Balaban J connectivity index is 2.09. The topological polar surface area (TPSA) is 85.1 Å². The summed E-state index contributed by atoms with van der Waals surface area (Å²) in [6.07, 6.45) is -0.300. The molecule has 2 N–H and O–H groups in total. The van der Waals surface area contributed by atoms with Gasteiger partial charge in [-0.25, -0.2) is 9.59 Å². The van der Waals surface area contributed by atoms with E-state index in [0.29, 0.717) is 43.0 Å². The standard InChI is InChI=1S/C18H27N3O4/c1-12-14(16(22)24-5)10-13(11-15(12)19)20-6-8-21(9-7-20)17(23)25-18(2,3)4/h10-11H,6-9,19H2,1-5H3. The average Bonchev–Trinajstić information content (AvgIpc) is 2.55. The first kappa shape index (κ1) is 18.9. The minimum atomic E-state index is -0.505. The number of ether oxygens (including phenoxy) is 2. The summed E-state index contributed by atoms with van der Waals surface area (Å²) in [5.74, 6) is -0.404. The van der Waals surface area contributed by atoms with E-state index in [4.69, 9.17) is 15.2 Å². The fourth-order valence-electron chi connectivity index (χ4n) is 2.70. The highest BCUT2D eigenvalue weighted by Gasteiger charge is 2.26. The molecule has 2 rings (SSSR count). The number of esters is 1. The van der Waals surface area contributed by atoms with E-state index in [9.17, 15) is 9.59 Å². The Morgan fingerprint density at radius 1 is 1.12 bits per heavy atom. The molecule has 1 saturated heterocycles. The van der Waals surface area contributed by atoms with Gasteiger partial charge in [0, 0.05) is 37.6 Å². The fourth-order valence-corrected chi connectivity index (χ4v) is 2.70. The molecule has 138 valence electrons. The van der Waals surface area contributed by atoms with Gasteiger partial charge in [-0.05, 0) is 45.4 Å². The first-order chi connectivity index (χ1) is 11.6. The van der Waals surface area contributed by atoms with Gasteiger partial charge in [0.15, 0.2) is 0 Å². The molecule has 0 unspecified atom stereocenters. The Hall–Kier alpha value is -2.44. The van der Waals surface area contributed by atoms with Gasteiger partial charge in [0.2, 0.25) is 0 Å². The number of methoxy groups -OCH3 is 1. The van der Waals surface area contributed by atoms with E-state index in [1.165, 1.54) is 7.11 Å². The summed E-state index contributed by atoms with van der Waals surface area (Å²) >= 11 is 0. The molecule has 1 aliphatic rings. The predicted octanol–water partition coefficient (Wildman–Crippen LogP) is 2.42. The zero-order valence-corrected chi connectivity index (χ0v) is 15.6. The maximum absolute atomic E-state index is 12.1. The van der Waals surface area contributed by atoms with Crippen molar-refractivity contribution in [3.05, 3.63) is 23.3 Å². The first-order valence-corrected chi connectivity index (χ1v) is 8.33. The third kappa shape index (κ3) is 4.55. The normalized spacial score (nSPS) is 15.1. The number of piperazine rings is 1. The number of anilines is 2. The minimum Gasteiger partial charge on any atom is -0.465 e. The van der Waals surface area contributed by atoms with Crippen LogP contribution in [0.1, 0.15) is 36.7 Å². The molecular formula is C18H27N3O4. The predicted molar refractivity (Wildman–Crippen MR) is 97.0 cm³/mol. The molecule has 0 bridgehead atoms. The van der Waals surface area contributed by atoms with Crippen LogP contribution in [-0.2, 0) is 9.47 Å². The molecule has 0 radical (unpaired) electrons. The van der Waals surface area contributed by atoms with E-state index < -0.39 is 11.6 Å². The quantitative estimate of drug-likeness (QED) is 0.652. The fraction of sp³-hybridized carbons (Fsp3) is 0.556. The maximum atomic E-state index is 12.1. The molecule has 0 atom stereocenters. The second-order valence-corrected chi connectivity index (χ2v) is 7.15. The molecule has 1 amide bonds. The summed E-state index contributed by atoms with van der Waals surface area (Å²) in [5.41, 5.74) is 8.12. The lowest BCUT2D eigenvalue weighted by Gasteiger charge is -2.37. The van der Waals surface area contributed by atoms with Gasteiger partial charge in [0.25, 0.3) is 0 Å². The number of nitrogens with two attached hydrogens (primary N) is 1. The summed E-state index contributed by atoms with van der Waals surface area (Å²) in [7, 11) is 1.35. The largest absolute Gasteiger partial charge is 0.465 e. The Morgan fingerprint density at radius 2 is 1.72 bits per heavy atom. The molecule has 1 aromatic carbocycles. The SMILES string of the molecule is COC(=O)c1cc(N2CCN(C(=O)OC(C)(C)C)CC2)cc(N)c1C. The molecule has 0 aromatic heterocycles. The number of hydrogen-bond acceptors (Lipinski definition) is 6. The van der Waals surface area contributed by atoms with Crippen molar-refractivity contribution >= 4 is 23.4 Å². The van der Waals surface area contributed by atoms with Gasteiger partial charge in [-0.1, -0.05) is 0 Å². The summed E-state index contributed by atoms with van der Waals surface area (Å²) in [5, 5.41) is 0. The number of carbonyl (C=O) groups is 2. The van der Waals surface area contributed by atoms with Gasteiger partial charge in [-0.15, -0.1) is 0 Å². The number of carbonyl (C=O) groups excluding carboxylic acids is 2. The summed E-state index contributed by atoms with van der Waals surface area (Å²) in [4.78, 5) is 27.9. The average molecular weight is 349 g/mol. The smallest absolute Gasteiger partial charge is 0.410 e. The van der Waals surface area contributed by atoms with Crippen LogP contribution in [0.15, 0.2) is 12.1 Å². The van der Waals surface area contributed by atoms with Crippen LogP contribution >= 0.6 is 0 Å². The zero-order chi connectivity index (χ0) is 18.8. The summed E-state index contributed by atoms with van der Waals surface area (Å²) in [6.45, 7) is 9.74. The highest BCUT2D eigenvalue weighted by molar-refractivity contribution is 5.94. The molecular weight excluding hydrogens is 322 g/mol. The van der Waals surface area contributed by atoms with Crippen molar-refractivity contribution in [2.45, 2.75) is 33.3 Å². The van der Waals surface area contributed by atoms with Crippen LogP contribution < -0.4 is 10.6 Å². The van der Waals surface area contributed by atoms with Crippen LogP contribution in [-0.4, -0.2) is 55.9 Å². The van der Waals surface area contributed by atoms with Crippen molar-refractivity contribution in [3.63, 3.8) is 0 Å². The van der Waals surface area contributed by atoms with Crippen LogP contribution in [0.5, 0.6) is 0 Å². The van der Waals surface area contributed by atoms with Crippen molar-refractivity contribution < 1.29 is 19.1 Å². The van der Waals surface area contributed by atoms with Crippen molar-refractivity contribution in [2.75, 3.05) is 43.9 Å². The van der Waals surface area contributed by atoms with Gasteiger partial charge < -0.3 is 25.0 Å². The first-order valence-electron chi connectivity index (χ1n) is 8.33. The van der Waals surface area contributed by atoms with Crippen LogP contribution in [0.4, 0.5) is 16.2 Å². The van der Waals surface area contributed by atoms with E-state index in [-0.39, 0.29) is 6.09 Å². The highest BCUT2D eigenvalue weighted by atomic mass is 16.6. The van der Waals surface area contributed by atoms with E-state index >= 15 is 0 Å². The molecule has 1 aromatic rings. The van der Waals surface area contributed by atoms with Gasteiger partial charge >= 0.3 is 12.1 Å². The van der Waals surface area contributed by atoms with E-state index in [2.05, 4.69) is 4.90 Å². The summed E-state index contributed by atoms with van der Waals surface area (Å²) < 4.78 is 10.2. The number of rotatable bonds is 2. The summed E-state index contributed by atoms with van der Waals surface area (Å²) in [6, 6.07) is 3.64. The lowest BCUT2D eigenvalue weighted by atomic mass is 10.0.